The van der Waals surface area contributed by atoms with Crippen LogP contribution >= 0.6 is 0 Å². The zero-order valence-electron chi connectivity index (χ0n) is 12.2. The average Bonchev–Trinajstić information content (AvgIpc) is 3.22. The lowest BCUT2D eigenvalue weighted by atomic mass is 10.2. The fourth-order valence-corrected chi connectivity index (χ4v) is 2.26. The zero-order valence-corrected chi connectivity index (χ0v) is 12.2. The Kier molecular flexibility index (Phi) is 4.20. The lowest BCUT2D eigenvalue weighted by Gasteiger charge is -2.11. The van der Waals surface area contributed by atoms with Crippen LogP contribution in [0.2, 0.25) is 0 Å². The number of carbonyl (C=O) groups excluding carboxylic acids is 1. The van der Waals surface area contributed by atoms with Crippen LogP contribution in [0.25, 0.3) is 11.5 Å². The molecule has 0 saturated heterocycles. The van der Waals surface area contributed by atoms with E-state index in [0.29, 0.717) is 17.1 Å². The van der Waals surface area contributed by atoms with E-state index in [0.717, 1.165) is 0 Å². The van der Waals surface area contributed by atoms with E-state index in [9.17, 15) is 9.18 Å². The predicted octanol–water partition coefficient (Wildman–Crippen LogP) is 1.52. The molecule has 3 aromatic rings. The molecule has 2 N–H and O–H groups in total. The standard InChI is InChI=1S/C16H15FN4O2/c17-12-3-5-13(6-4-12)21-16(20-8-1-2-9-20)14(11-19-21)15(23)18-7-10-22/h1-6,8-9,11,22H,7,10H2,(H,18,23). The van der Waals surface area contributed by atoms with Gasteiger partial charge in [-0.3, -0.25) is 4.79 Å². The van der Waals surface area contributed by atoms with E-state index < -0.39 is 0 Å². The van der Waals surface area contributed by atoms with Crippen molar-refractivity contribution in [3.05, 3.63) is 66.4 Å². The molecule has 0 bridgehead atoms. The highest BCUT2D eigenvalue weighted by molar-refractivity contribution is 5.97. The van der Waals surface area contributed by atoms with Crippen LogP contribution in [0.1, 0.15) is 10.4 Å². The molecule has 118 valence electrons. The quantitative estimate of drug-likeness (QED) is 0.750. The van der Waals surface area contributed by atoms with Gasteiger partial charge in [-0.15, -0.1) is 0 Å². The first-order valence-electron chi connectivity index (χ1n) is 7.07. The van der Waals surface area contributed by atoms with Crippen molar-refractivity contribution in [2.24, 2.45) is 0 Å². The smallest absolute Gasteiger partial charge is 0.256 e. The number of nitrogens with zero attached hydrogens (tertiary/aromatic N) is 3. The summed E-state index contributed by atoms with van der Waals surface area (Å²) in [6.07, 6.45) is 5.03. The van der Waals surface area contributed by atoms with Crippen molar-refractivity contribution in [3.63, 3.8) is 0 Å². The van der Waals surface area contributed by atoms with Gasteiger partial charge in [-0.2, -0.15) is 5.10 Å². The lowest BCUT2D eigenvalue weighted by molar-refractivity contribution is 0.0944. The highest BCUT2D eigenvalue weighted by Gasteiger charge is 2.19. The molecule has 0 fully saturated rings. The minimum Gasteiger partial charge on any atom is -0.395 e. The van der Waals surface area contributed by atoms with Gasteiger partial charge in [0.1, 0.15) is 11.4 Å². The van der Waals surface area contributed by atoms with Crippen molar-refractivity contribution in [3.8, 4) is 11.5 Å². The van der Waals surface area contributed by atoms with Crippen molar-refractivity contribution in [2.45, 2.75) is 0 Å². The predicted molar refractivity (Wildman–Crippen MR) is 82.3 cm³/mol. The molecular formula is C16H15FN4O2. The summed E-state index contributed by atoms with van der Waals surface area (Å²) in [6.45, 7) is 0.0162. The molecular weight excluding hydrogens is 299 g/mol. The lowest BCUT2D eigenvalue weighted by Crippen LogP contribution is -2.27. The molecule has 0 spiro atoms. The number of hydrogen-bond acceptors (Lipinski definition) is 3. The summed E-state index contributed by atoms with van der Waals surface area (Å²) < 4.78 is 16.4. The largest absolute Gasteiger partial charge is 0.395 e. The molecule has 23 heavy (non-hydrogen) atoms. The fraction of sp³-hybridized carbons (Fsp3) is 0.125. The summed E-state index contributed by atoms with van der Waals surface area (Å²) in [5.74, 6) is -0.141. The molecule has 7 heteroatoms. The van der Waals surface area contributed by atoms with Crippen molar-refractivity contribution < 1.29 is 14.3 Å². The number of amides is 1. The third-order valence-electron chi connectivity index (χ3n) is 3.31. The number of halogens is 1. The topological polar surface area (TPSA) is 72.1 Å². The molecule has 0 saturated carbocycles. The van der Waals surface area contributed by atoms with E-state index in [4.69, 9.17) is 5.11 Å². The summed E-state index contributed by atoms with van der Waals surface area (Å²) in [5, 5.41) is 15.7. The minimum absolute atomic E-state index is 0.142. The second kappa shape index (κ2) is 6.45. The molecule has 0 aliphatic carbocycles. The van der Waals surface area contributed by atoms with E-state index in [-0.39, 0.29) is 24.9 Å². The SMILES string of the molecule is O=C(NCCO)c1cnn(-c2ccc(F)cc2)c1-n1cccc1. The van der Waals surface area contributed by atoms with Crippen molar-refractivity contribution in [2.75, 3.05) is 13.2 Å². The monoisotopic (exact) mass is 314 g/mol. The summed E-state index contributed by atoms with van der Waals surface area (Å²) in [6, 6.07) is 9.51. The Balaban J connectivity index is 2.08. The van der Waals surface area contributed by atoms with Gasteiger partial charge in [0.15, 0.2) is 5.82 Å². The first-order chi connectivity index (χ1) is 11.2. The van der Waals surface area contributed by atoms with Crippen LogP contribution < -0.4 is 5.32 Å². The Morgan fingerprint density at radius 3 is 2.57 bits per heavy atom. The average molecular weight is 314 g/mol. The molecule has 1 amide bonds. The van der Waals surface area contributed by atoms with Gasteiger partial charge in [-0.25, -0.2) is 9.07 Å². The highest BCUT2D eigenvalue weighted by atomic mass is 19.1. The van der Waals surface area contributed by atoms with Crippen LogP contribution in [-0.2, 0) is 0 Å². The van der Waals surface area contributed by atoms with Gasteiger partial charge in [0.05, 0.1) is 18.5 Å². The van der Waals surface area contributed by atoms with Crippen LogP contribution in [-0.4, -0.2) is 38.5 Å². The first kappa shape index (κ1) is 15.0. The summed E-state index contributed by atoms with van der Waals surface area (Å²) in [4.78, 5) is 12.3. The summed E-state index contributed by atoms with van der Waals surface area (Å²) in [5.41, 5.74) is 0.996. The third kappa shape index (κ3) is 3.00. The van der Waals surface area contributed by atoms with E-state index in [1.54, 1.807) is 33.8 Å². The van der Waals surface area contributed by atoms with E-state index in [2.05, 4.69) is 10.4 Å². The van der Waals surface area contributed by atoms with Crippen LogP contribution in [0.15, 0.2) is 55.0 Å². The second-order valence-corrected chi connectivity index (χ2v) is 4.84. The Hall–Kier alpha value is -2.93. The highest BCUT2D eigenvalue weighted by Crippen LogP contribution is 2.20. The maximum Gasteiger partial charge on any atom is 0.256 e. The van der Waals surface area contributed by atoms with Crippen molar-refractivity contribution in [1.29, 1.82) is 0 Å². The maximum absolute atomic E-state index is 13.1. The normalized spacial score (nSPS) is 10.7. The van der Waals surface area contributed by atoms with Crippen LogP contribution in [0.3, 0.4) is 0 Å². The molecule has 0 unspecified atom stereocenters. The van der Waals surface area contributed by atoms with E-state index in [1.165, 1.54) is 18.3 Å². The number of benzene rings is 1. The number of hydrogen-bond donors (Lipinski definition) is 2. The first-order valence-corrected chi connectivity index (χ1v) is 7.07. The van der Waals surface area contributed by atoms with Crippen molar-refractivity contribution in [1.82, 2.24) is 19.7 Å². The Morgan fingerprint density at radius 1 is 1.22 bits per heavy atom. The number of rotatable bonds is 5. The van der Waals surface area contributed by atoms with Gasteiger partial charge >= 0.3 is 0 Å². The minimum atomic E-state index is -0.343. The van der Waals surface area contributed by atoms with Crippen LogP contribution in [0.4, 0.5) is 4.39 Å². The molecule has 2 heterocycles. The molecule has 3 rings (SSSR count). The second-order valence-electron chi connectivity index (χ2n) is 4.84. The molecule has 6 nitrogen and oxygen atoms in total. The zero-order chi connectivity index (χ0) is 16.2. The van der Waals surface area contributed by atoms with Gasteiger partial charge in [0.25, 0.3) is 5.91 Å². The summed E-state index contributed by atoms with van der Waals surface area (Å²) in [7, 11) is 0. The molecule has 0 aliphatic heterocycles. The van der Waals surface area contributed by atoms with E-state index >= 15 is 0 Å². The van der Waals surface area contributed by atoms with Crippen LogP contribution in [0.5, 0.6) is 0 Å². The Bertz CT molecular complexity index is 794. The van der Waals surface area contributed by atoms with Gasteiger partial charge < -0.3 is 15.0 Å². The molecule has 0 aliphatic rings. The van der Waals surface area contributed by atoms with Gasteiger partial charge in [-0.05, 0) is 36.4 Å². The van der Waals surface area contributed by atoms with Crippen molar-refractivity contribution >= 4 is 5.91 Å². The number of aromatic nitrogens is 3. The number of carbonyl (C=O) groups is 1. The molecule has 1 aromatic carbocycles. The molecule has 0 atom stereocenters. The molecule has 0 radical (unpaired) electrons. The van der Waals surface area contributed by atoms with Gasteiger partial charge in [-0.1, -0.05) is 0 Å². The van der Waals surface area contributed by atoms with E-state index in [1.807, 2.05) is 12.1 Å². The molecule has 2 aromatic heterocycles. The number of nitrogens with one attached hydrogen (secondary N) is 1. The third-order valence-corrected chi connectivity index (χ3v) is 3.31. The number of aliphatic hydroxyl groups excluding tert-OH is 1. The van der Waals surface area contributed by atoms with Crippen LogP contribution in [0, 0.1) is 5.82 Å². The van der Waals surface area contributed by atoms with Gasteiger partial charge in [0, 0.05) is 18.9 Å². The maximum atomic E-state index is 13.1. The number of aliphatic hydroxyl groups is 1. The fourth-order valence-electron chi connectivity index (χ4n) is 2.26. The Labute approximate surface area is 131 Å². The Morgan fingerprint density at radius 2 is 1.91 bits per heavy atom. The summed E-state index contributed by atoms with van der Waals surface area (Å²) >= 11 is 0. The van der Waals surface area contributed by atoms with Gasteiger partial charge in [0.2, 0.25) is 0 Å².